The number of rotatable bonds is 14. The maximum Gasteiger partial charge on any atom is 0.407 e. The number of aromatic nitrogens is 2. The Morgan fingerprint density at radius 2 is 1.74 bits per heavy atom. The third kappa shape index (κ3) is 7.64. The minimum absolute atomic E-state index is 0.148. The normalized spacial score (nSPS) is 16.0. The molecule has 1 unspecified atom stereocenters. The van der Waals surface area contributed by atoms with Gasteiger partial charge in [-0.15, -0.1) is 5.10 Å². The van der Waals surface area contributed by atoms with Crippen LogP contribution in [-0.4, -0.2) is 62.6 Å². The molecule has 1 aromatic heterocycles. The molecule has 3 aromatic rings. The Morgan fingerprint density at radius 1 is 1.07 bits per heavy atom. The molecule has 3 atom stereocenters. The Kier molecular flexibility index (Phi) is 10.5. The minimum atomic E-state index is -1.51. The summed E-state index contributed by atoms with van der Waals surface area (Å²) in [5.74, 6) is -0.183. The van der Waals surface area contributed by atoms with E-state index in [2.05, 4.69) is 15.5 Å². The predicted molar refractivity (Wildman–Crippen MR) is 161 cm³/mol. The Labute approximate surface area is 247 Å². The lowest BCUT2D eigenvalue weighted by Gasteiger charge is -2.46. The molecule has 0 spiro atoms. The van der Waals surface area contributed by atoms with Gasteiger partial charge >= 0.3 is 6.09 Å². The van der Waals surface area contributed by atoms with E-state index in [1.54, 1.807) is 0 Å². The summed E-state index contributed by atoms with van der Waals surface area (Å²) >= 11 is 0. The molecule has 4 rings (SSSR count). The fraction of sp³-hybridized carbons (Fsp3) is 0.455. The number of unbranched alkanes of at least 4 members (excludes halogenated alkanes) is 1. The van der Waals surface area contributed by atoms with E-state index in [-0.39, 0.29) is 19.2 Å². The van der Waals surface area contributed by atoms with Gasteiger partial charge in [0.15, 0.2) is 6.10 Å². The van der Waals surface area contributed by atoms with Crippen molar-refractivity contribution in [2.75, 3.05) is 13.2 Å². The van der Waals surface area contributed by atoms with Crippen molar-refractivity contribution in [3.05, 3.63) is 78.0 Å². The first kappa shape index (κ1) is 31.0. The summed E-state index contributed by atoms with van der Waals surface area (Å²) in [4.78, 5) is 27.1. The van der Waals surface area contributed by atoms with Crippen LogP contribution in [0.3, 0.4) is 0 Å². The lowest BCUT2D eigenvalue weighted by molar-refractivity contribution is -0.134. The van der Waals surface area contributed by atoms with Crippen LogP contribution in [0.2, 0.25) is 0 Å². The lowest BCUT2D eigenvalue weighted by Crippen LogP contribution is -2.57. The van der Waals surface area contributed by atoms with Crippen molar-refractivity contribution in [3.63, 3.8) is 0 Å². The number of benzene rings is 2. The molecule has 3 N–H and O–H groups in total. The van der Waals surface area contributed by atoms with Crippen LogP contribution in [0.5, 0.6) is 5.88 Å². The number of aliphatic hydroxyl groups excluding tert-OH is 1. The second-order valence-corrected chi connectivity index (χ2v) is 11.4. The molecule has 1 saturated carbocycles. The van der Waals surface area contributed by atoms with Gasteiger partial charge in [-0.05, 0) is 50.3 Å². The zero-order chi connectivity index (χ0) is 30.1. The lowest BCUT2D eigenvalue weighted by atomic mass is 9.68. The predicted octanol–water partition coefficient (Wildman–Crippen LogP) is 5.78. The summed E-state index contributed by atoms with van der Waals surface area (Å²) in [6, 6.07) is 20.0. The third-order valence-corrected chi connectivity index (χ3v) is 8.19. The molecule has 2 amide bonds. The number of amides is 2. The van der Waals surface area contributed by atoms with Crippen molar-refractivity contribution in [2.45, 2.75) is 77.5 Å². The van der Waals surface area contributed by atoms with Crippen LogP contribution < -0.4 is 10.1 Å². The molecule has 1 aliphatic rings. The van der Waals surface area contributed by atoms with Gasteiger partial charge in [0, 0.05) is 17.5 Å². The number of hydrogen-bond donors (Lipinski definition) is 3. The highest BCUT2D eigenvalue weighted by atomic mass is 16.5. The zero-order valence-electron chi connectivity index (χ0n) is 24.7. The molecule has 1 fully saturated rings. The highest BCUT2D eigenvalue weighted by molar-refractivity contribution is 5.82. The molecular weight excluding hydrogens is 532 g/mol. The molecule has 0 saturated heterocycles. The van der Waals surface area contributed by atoms with Crippen molar-refractivity contribution >= 4 is 12.0 Å². The smallest absolute Gasteiger partial charge is 0.407 e. The topological polar surface area (TPSA) is 125 Å². The number of aryl methyl sites for hydroxylation is 1. The summed E-state index contributed by atoms with van der Waals surface area (Å²) in [6.07, 6.45) is 1.66. The van der Waals surface area contributed by atoms with Gasteiger partial charge in [0.25, 0.3) is 5.91 Å². The molecule has 9 heteroatoms. The van der Waals surface area contributed by atoms with Crippen molar-refractivity contribution in [3.8, 4) is 17.0 Å². The zero-order valence-corrected chi connectivity index (χ0v) is 24.7. The van der Waals surface area contributed by atoms with Gasteiger partial charge in [-0.25, -0.2) is 4.79 Å². The number of carbonyl (C=O) groups excluding carboxylic acids is 1. The molecule has 2 aromatic carbocycles. The first-order valence-electron chi connectivity index (χ1n) is 14.8. The van der Waals surface area contributed by atoms with Gasteiger partial charge in [0.1, 0.15) is 0 Å². The molecule has 0 bridgehead atoms. The van der Waals surface area contributed by atoms with E-state index >= 15 is 0 Å². The third-order valence-electron chi connectivity index (χ3n) is 8.19. The highest BCUT2D eigenvalue weighted by Crippen LogP contribution is 2.43. The highest BCUT2D eigenvalue weighted by Gasteiger charge is 2.44. The number of carbonyl (C=O) groups is 2. The number of nitrogens with zero attached hydrogens (tertiary/aromatic N) is 3. The average molecular weight is 575 g/mol. The van der Waals surface area contributed by atoms with Gasteiger partial charge < -0.3 is 25.2 Å². The molecule has 42 heavy (non-hydrogen) atoms. The number of carboxylic acid groups (broad SMARTS) is 1. The van der Waals surface area contributed by atoms with Crippen molar-refractivity contribution in [2.24, 2.45) is 5.41 Å². The quantitative estimate of drug-likeness (QED) is 0.223. The molecule has 224 valence electrons. The van der Waals surface area contributed by atoms with Gasteiger partial charge in [0.2, 0.25) is 5.88 Å². The first-order valence-corrected chi connectivity index (χ1v) is 14.8. The standard InChI is InChI=1S/C33H42N4O5/c1-4-5-17-28(29(38)30(39)34-24(3)25-13-8-6-9-14-25)37(32(40)41)21-33(18-12-19-33)22-42-31-27(20-23(2)35-36-31)26-15-10-7-11-16-26/h6-11,13-16,20,24,28-29,38H,4-5,12,17-19,21-22H2,1-3H3,(H,34,39)(H,40,41)/t24-,28+,29?/m1/s1. The van der Waals surface area contributed by atoms with E-state index in [0.29, 0.717) is 18.7 Å². The fourth-order valence-electron chi connectivity index (χ4n) is 5.54. The van der Waals surface area contributed by atoms with Gasteiger partial charge in [-0.1, -0.05) is 86.8 Å². The SMILES string of the molecule is CCCC[C@@H](C(O)C(=O)N[C@H](C)c1ccccc1)N(CC1(COc2nnc(C)cc2-c2ccccc2)CCC1)C(=O)O. The maximum atomic E-state index is 13.2. The summed E-state index contributed by atoms with van der Waals surface area (Å²) in [7, 11) is 0. The van der Waals surface area contributed by atoms with Crippen LogP contribution in [0.25, 0.3) is 11.1 Å². The van der Waals surface area contributed by atoms with E-state index in [0.717, 1.165) is 48.1 Å². The first-order chi connectivity index (χ1) is 20.2. The van der Waals surface area contributed by atoms with E-state index in [1.807, 2.05) is 87.5 Å². The van der Waals surface area contributed by atoms with E-state index in [9.17, 15) is 19.8 Å². The van der Waals surface area contributed by atoms with E-state index in [1.165, 1.54) is 4.90 Å². The van der Waals surface area contributed by atoms with Crippen LogP contribution in [0.4, 0.5) is 4.79 Å². The molecule has 9 nitrogen and oxygen atoms in total. The Bertz CT molecular complexity index is 1320. The molecule has 0 radical (unpaired) electrons. The second-order valence-electron chi connectivity index (χ2n) is 11.4. The van der Waals surface area contributed by atoms with E-state index < -0.39 is 29.6 Å². The van der Waals surface area contributed by atoms with Crippen LogP contribution in [0.15, 0.2) is 66.7 Å². The van der Waals surface area contributed by atoms with Crippen LogP contribution in [0, 0.1) is 12.3 Å². The summed E-state index contributed by atoms with van der Waals surface area (Å²) in [5, 5.41) is 33.0. The second kappa shape index (κ2) is 14.3. The van der Waals surface area contributed by atoms with E-state index in [4.69, 9.17) is 4.74 Å². The largest absolute Gasteiger partial charge is 0.475 e. The van der Waals surface area contributed by atoms with Crippen molar-refractivity contribution < 1.29 is 24.5 Å². The Hall–Kier alpha value is -3.98. The fourth-order valence-corrected chi connectivity index (χ4v) is 5.54. The summed E-state index contributed by atoms with van der Waals surface area (Å²) in [6.45, 7) is 6.12. The molecule has 1 aliphatic carbocycles. The minimum Gasteiger partial charge on any atom is -0.475 e. The van der Waals surface area contributed by atoms with Crippen molar-refractivity contribution in [1.82, 2.24) is 20.4 Å². The van der Waals surface area contributed by atoms with Gasteiger partial charge in [-0.3, -0.25) is 4.79 Å². The van der Waals surface area contributed by atoms with Crippen molar-refractivity contribution in [1.29, 1.82) is 0 Å². The summed E-state index contributed by atoms with van der Waals surface area (Å²) in [5.41, 5.74) is 2.99. The number of nitrogens with one attached hydrogen (secondary N) is 1. The Morgan fingerprint density at radius 3 is 2.33 bits per heavy atom. The average Bonchev–Trinajstić information content (AvgIpc) is 2.98. The van der Waals surface area contributed by atoms with Gasteiger partial charge in [-0.2, -0.15) is 5.10 Å². The number of aliphatic hydroxyl groups is 1. The maximum absolute atomic E-state index is 13.2. The molecule has 1 heterocycles. The van der Waals surface area contributed by atoms with Crippen LogP contribution >= 0.6 is 0 Å². The molecular formula is C33H42N4O5. The summed E-state index contributed by atoms with van der Waals surface area (Å²) < 4.78 is 6.27. The van der Waals surface area contributed by atoms with Crippen LogP contribution in [-0.2, 0) is 4.79 Å². The van der Waals surface area contributed by atoms with Gasteiger partial charge in [0.05, 0.1) is 24.4 Å². The Balaban J connectivity index is 1.51. The molecule has 0 aliphatic heterocycles. The number of ether oxygens (including phenoxy) is 1. The van der Waals surface area contributed by atoms with Crippen LogP contribution in [0.1, 0.15) is 69.7 Å². The number of hydrogen-bond acceptors (Lipinski definition) is 6. The monoisotopic (exact) mass is 574 g/mol.